The van der Waals surface area contributed by atoms with Gasteiger partial charge in [0, 0.05) is 78.9 Å². The van der Waals surface area contributed by atoms with Gasteiger partial charge in [0.2, 0.25) is 0 Å². The van der Waals surface area contributed by atoms with Crippen LogP contribution < -0.4 is 10.7 Å². The number of thiazole rings is 1. The van der Waals surface area contributed by atoms with Gasteiger partial charge >= 0.3 is 12.1 Å². The highest BCUT2D eigenvalue weighted by Gasteiger charge is 2.36. The molecule has 3 atom stereocenters. The summed E-state index contributed by atoms with van der Waals surface area (Å²) in [5.41, 5.74) is 8.95. The van der Waals surface area contributed by atoms with E-state index in [1.165, 1.54) is 16.3 Å². The van der Waals surface area contributed by atoms with E-state index in [0.717, 1.165) is 70.4 Å². The Morgan fingerprint density at radius 2 is 1.97 bits per heavy atom. The van der Waals surface area contributed by atoms with Crippen LogP contribution in [0, 0.1) is 5.41 Å². The maximum absolute atomic E-state index is 14.1. The molecular weight excluding hydrogens is 773 g/mol. The molecule has 2 fully saturated rings. The first-order valence-corrected chi connectivity index (χ1v) is 21.9. The third kappa shape index (κ3) is 10.2. The van der Waals surface area contributed by atoms with Gasteiger partial charge in [-0.3, -0.25) is 19.6 Å². The Morgan fingerprint density at radius 3 is 2.73 bits per heavy atom. The monoisotopic (exact) mass is 832 g/mol. The molecule has 0 unspecified atom stereocenters. The number of carbonyl (C=O) groups is 3. The lowest BCUT2D eigenvalue weighted by molar-refractivity contribution is -0.155. The molecule has 0 saturated carbocycles. The number of rotatable bonds is 8. The Morgan fingerprint density at radius 1 is 1.17 bits per heavy atom. The van der Waals surface area contributed by atoms with Crippen molar-refractivity contribution in [3.8, 4) is 11.3 Å². The van der Waals surface area contributed by atoms with Crippen molar-refractivity contribution in [1.82, 2.24) is 25.3 Å². The van der Waals surface area contributed by atoms with Gasteiger partial charge in [0.25, 0.3) is 5.91 Å². The van der Waals surface area contributed by atoms with Crippen molar-refractivity contribution in [2.45, 2.75) is 129 Å². The lowest BCUT2D eigenvalue weighted by atomic mass is 9.83. The lowest BCUT2D eigenvalue weighted by Gasteiger charge is -2.35. The maximum Gasteiger partial charge on any atom is 0.408 e. The standard InChI is InChI=1S/C44H60N6O8S/c1-27(54-7)38-30(10-8-16-45-38)39-32-24-44(5,6)26-57-41(52)33-11-9-17-50(48-33)40(51)34(47-42(53)58-43(2,3)4)23-37-46-35(25-59-37)28-12-13-36(31(32)22-28)49(39)18-21-56-29-14-19-55-20-15-29/h12-13,16,22,25,27,29,33-34,48H,8-11,14-15,17-21,23-24,26H2,1-7H3,(H,47,53)/t27-,33-,34-/m0/s1. The number of amides is 2. The highest BCUT2D eigenvalue weighted by molar-refractivity contribution is 7.10. The Hall–Kier alpha value is -4.15. The third-order valence-electron chi connectivity index (χ3n) is 11.3. The van der Waals surface area contributed by atoms with Gasteiger partial charge in [0.15, 0.2) is 0 Å². The zero-order valence-electron chi connectivity index (χ0n) is 35.6. The van der Waals surface area contributed by atoms with Gasteiger partial charge in [-0.25, -0.2) is 15.2 Å². The Kier molecular flexibility index (Phi) is 13.3. The molecule has 6 heterocycles. The number of aliphatic imine (C=N–C) groups is 1. The van der Waals surface area contributed by atoms with Gasteiger partial charge in [0.05, 0.1) is 47.5 Å². The molecule has 0 radical (unpaired) electrons. The predicted molar refractivity (Wildman–Crippen MR) is 227 cm³/mol. The van der Waals surface area contributed by atoms with Crippen LogP contribution in [0.2, 0.25) is 0 Å². The molecule has 3 aromatic rings. The van der Waals surface area contributed by atoms with Gasteiger partial charge < -0.3 is 33.6 Å². The van der Waals surface area contributed by atoms with Crippen molar-refractivity contribution in [1.29, 1.82) is 0 Å². The molecule has 7 rings (SSSR count). The summed E-state index contributed by atoms with van der Waals surface area (Å²) < 4.78 is 32.0. The minimum Gasteiger partial charge on any atom is -0.464 e. The van der Waals surface area contributed by atoms with E-state index in [-0.39, 0.29) is 31.1 Å². The number of esters is 1. The summed E-state index contributed by atoms with van der Waals surface area (Å²) in [6.07, 6.45) is 6.42. The summed E-state index contributed by atoms with van der Waals surface area (Å²) in [6, 6.07) is 4.76. The van der Waals surface area contributed by atoms with Crippen LogP contribution in [0.5, 0.6) is 0 Å². The molecule has 15 heteroatoms. The van der Waals surface area contributed by atoms with E-state index in [1.807, 2.05) is 18.5 Å². The summed E-state index contributed by atoms with van der Waals surface area (Å²) in [5.74, 6) is -0.801. The van der Waals surface area contributed by atoms with Crippen LogP contribution in [0.4, 0.5) is 4.79 Å². The number of hydrogen-bond acceptors (Lipinski definition) is 12. The van der Waals surface area contributed by atoms with Gasteiger partial charge in [-0.05, 0) is 90.3 Å². The minimum atomic E-state index is -0.993. The molecule has 1 aromatic carbocycles. The molecule has 2 aromatic heterocycles. The first-order chi connectivity index (χ1) is 28.2. The predicted octanol–water partition coefficient (Wildman–Crippen LogP) is 6.63. The SMILES string of the molecule is CO[C@@H](C)C1=C(c2c3c4cc(ccc4n2CCOC2CCOCC2)-c2csc(n2)C[C@H](NC(=O)OC(C)(C)C)C(=O)N2CCC[C@H](N2)C(=O)OCC(C)(C)C3)CCC=N1. The van der Waals surface area contributed by atoms with Crippen LogP contribution in [-0.4, -0.2) is 109 Å². The molecule has 59 heavy (non-hydrogen) atoms. The number of benzene rings is 1. The van der Waals surface area contributed by atoms with Crippen molar-refractivity contribution in [3.63, 3.8) is 0 Å². The number of nitrogens with zero attached hydrogens (tertiary/aromatic N) is 4. The second-order valence-electron chi connectivity index (χ2n) is 17.8. The number of nitrogens with one attached hydrogen (secondary N) is 2. The lowest BCUT2D eigenvalue weighted by Crippen LogP contribution is -2.60. The molecule has 2 N–H and O–H groups in total. The van der Waals surface area contributed by atoms with Crippen molar-refractivity contribution >= 4 is 52.0 Å². The number of fused-ring (bicyclic) bond motifs is 6. The summed E-state index contributed by atoms with van der Waals surface area (Å²) in [6.45, 7) is 14.7. The second-order valence-corrected chi connectivity index (χ2v) is 18.7. The Labute approximate surface area is 351 Å². The summed E-state index contributed by atoms with van der Waals surface area (Å²) in [5, 5.41) is 7.99. The number of carbonyl (C=O) groups excluding carboxylic acids is 3. The van der Waals surface area contributed by atoms with Crippen LogP contribution in [0.15, 0.2) is 34.3 Å². The van der Waals surface area contributed by atoms with Gasteiger partial charge in [0.1, 0.15) is 17.7 Å². The number of ether oxygens (including phenoxy) is 5. The average molecular weight is 833 g/mol. The number of cyclic esters (lactones) is 1. The number of alkyl carbamates (subject to hydrolysis) is 1. The van der Waals surface area contributed by atoms with E-state index in [0.29, 0.717) is 57.2 Å². The molecule has 2 amide bonds. The number of hydrogen-bond donors (Lipinski definition) is 2. The molecule has 320 valence electrons. The molecule has 6 bridgehead atoms. The molecule has 14 nitrogen and oxygen atoms in total. The molecule has 0 spiro atoms. The van der Waals surface area contributed by atoms with E-state index < -0.39 is 35.2 Å². The fraction of sp³-hybridized carbons (Fsp3) is 0.614. The highest BCUT2D eigenvalue weighted by Crippen LogP contribution is 2.42. The second kappa shape index (κ2) is 18.2. The van der Waals surface area contributed by atoms with Crippen LogP contribution in [-0.2, 0) is 52.7 Å². The largest absolute Gasteiger partial charge is 0.464 e. The van der Waals surface area contributed by atoms with Gasteiger partial charge in [-0.2, -0.15) is 0 Å². The maximum atomic E-state index is 14.1. The van der Waals surface area contributed by atoms with Crippen LogP contribution in [0.1, 0.15) is 96.3 Å². The molecule has 2 saturated heterocycles. The molecule has 4 aliphatic rings. The van der Waals surface area contributed by atoms with Crippen molar-refractivity contribution in [2.75, 3.05) is 40.1 Å². The van der Waals surface area contributed by atoms with E-state index >= 15 is 0 Å². The number of hydrazine groups is 1. The van der Waals surface area contributed by atoms with Gasteiger partial charge in [-0.1, -0.05) is 19.9 Å². The normalized spacial score (nSPS) is 22.6. The number of aromatic nitrogens is 2. The Bertz CT molecular complexity index is 2080. The summed E-state index contributed by atoms with van der Waals surface area (Å²) in [4.78, 5) is 50.9. The van der Waals surface area contributed by atoms with Gasteiger partial charge in [-0.15, -0.1) is 11.3 Å². The smallest absolute Gasteiger partial charge is 0.408 e. The first-order valence-electron chi connectivity index (χ1n) is 21.0. The van der Waals surface area contributed by atoms with E-state index in [1.54, 1.807) is 27.9 Å². The van der Waals surface area contributed by atoms with E-state index in [9.17, 15) is 14.4 Å². The van der Waals surface area contributed by atoms with Crippen LogP contribution >= 0.6 is 11.3 Å². The van der Waals surface area contributed by atoms with Crippen molar-refractivity contribution in [3.05, 3.63) is 45.5 Å². The number of methoxy groups -OCH3 is 1. The Balaban J connectivity index is 1.35. The quantitative estimate of drug-likeness (QED) is 0.237. The number of allylic oxidation sites excluding steroid dienone is 1. The van der Waals surface area contributed by atoms with E-state index in [2.05, 4.69) is 47.4 Å². The van der Waals surface area contributed by atoms with Crippen LogP contribution in [0.25, 0.3) is 27.7 Å². The minimum absolute atomic E-state index is 0.139. The fourth-order valence-corrected chi connectivity index (χ4v) is 9.18. The van der Waals surface area contributed by atoms with E-state index in [4.69, 9.17) is 33.7 Å². The summed E-state index contributed by atoms with van der Waals surface area (Å²) in [7, 11) is 1.72. The molecule has 4 aliphatic heterocycles. The van der Waals surface area contributed by atoms with Crippen LogP contribution in [0.3, 0.4) is 0 Å². The highest BCUT2D eigenvalue weighted by atomic mass is 32.1. The zero-order chi connectivity index (χ0) is 41.9. The molecule has 0 aliphatic carbocycles. The first kappa shape index (κ1) is 43.0. The topological polar surface area (TPSA) is 155 Å². The van der Waals surface area contributed by atoms with Crippen molar-refractivity contribution < 1.29 is 38.1 Å². The molecular formula is C44H60N6O8S. The third-order valence-corrected chi connectivity index (χ3v) is 12.2. The average Bonchev–Trinajstić information content (AvgIpc) is 3.80. The zero-order valence-corrected chi connectivity index (χ0v) is 36.4. The summed E-state index contributed by atoms with van der Waals surface area (Å²) >= 11 is 1.44. The van der Waals surface area contributed by atoms with Crippen molar-refractivity contribution in [2.24, 2.45) is 10.4 Å². The fourth-order valence-electron chi connectivity index (χ4n) is 8.33.